The topological polar surface area (TPSA) is 12.0 Å². The lowest BCUT2D eigenvalue weighted by Gasteiger charge is -2.13. The molecule has 17 heavy (non-hydrogen) atoms. The van der Waals surface area contributed by atoms with Gasteiger partial charge in [-0.1, -0.05) is 0 Å². The molecule has 2 aromatic rings. The van der Waals surface area contributed by atoms with Crippen molar-refractivity contribution >= 4 is 17.0 Å². The van der Waals surface area contributed by atoms with Crippen molar-refractivity contribution in [2.24, 2.45) is 0 Å². The number of rotatable bonds is 3. The highest BCUT2D eigenvalue weighted by molar-refractivity contribution is 7.12. The van der Waals surface area contributed by atoms with Crippen LogP contribution in [0.15, 0.2) is 30.3 Å². The Morgan fingerprint density at radius 2 is 1.88 bits per heavy atom. The number of aryl methyl sites for hydroxylation is 1. The zero-order chi connectivity index (χ0) is 12.4. The lowest BCUT2D eigenvalue weighted by atomic mass is 10.2. The summed E-state index contributed by atoms with van der Waals surface area (Å²) in [5.41, 5.74) is 0.586. The summed E-state index contributed by atoms with van der Waals surface area (Å²) in [6.07, 6.45) is 0. The molecule has 0 aliphatic rings. The fraction of sp³-hybridized carbons (Fsp3) is 0.231. The maximum absolute atomic E-state index is 13.0. The van der Waals surface area contributed by atoms with E-state index >= 15 is 0 Å². The second-order valence-electron chi connectivity index (χ2n) is 3.94. The van der Waals surface area contributed by atoms with E-state index < -0.39 is 11.6 Å². The first-order valence-corrected chi connectivity index (χ1v) is 6.16. The van der Waals surface area contributed by atoms with Crippen LogP contribution < -0.4 is 5.32 Å². The van der Waals surface area contributed by atoms with E-state index in [4.69, 9.17) is 0 Å². The van der Waals surface area contributed by atoms with Crippen molar-refractivity contribution in [3.05, 3.63) is 51.7 Å². The van der Waals surface area contributed by atoms with Crippen LogP contribution in [0.1, 0.15) is 22.7 Å². The molecule has 90 valence electrons. The minimum atomic E-state index is -0.829. The second-order valence-corrected chi connectivity index (χ2v) is 5.26. The monoisotopic (exact) mass is 253 g/mol. The van der Waals surface area contributed by atoms with Gasteiger partial charge in [0, 0.05) is 21.5 Å². The van der Waals surface area contributed by atoms with Crippen molar-refractivity contribution in [1.29, 1.82) is 0 Å². The molecule has 2 rings (SSSR count). The van der Waals surface area contributed by atoms with Gasteiger partial charge in [0.25, 0.3) is 0 Å². The van der Waals surface area contributed by atoms with Gasteiger partial charge in [0.15, 0.2) is 11.6 Å². The minimum Gasteiger partial charge on any atom is -0.378 e. The van der Waals surface area contributed by atoms with Crippen LogP contribution in [-0.4, -0.2) is 0 Å². The molecule has 0 bridgehead atoms. The van der Waals surface area contributed by atoms with Crippen LogP contribution in [0.5, 0.6) is 0 Å². The van der Waals surface area contributed by atoms with Gasteiger partial charge in [-0.15, -0.1) is 11.3 Å². The molecule has 0 radical (unpaired) electrons. The van der Waals surface area contributed by atoms with Gasteiger partial charge >= 0.3 is 0 Å². The van der Waals surface area contributed by atoms with E-state index in [0.29, 0.717) is 5.69 Å². The third kappa shape index (κ3) is 2.82. The lowest BCUT2D eigenvalue weighted by Crippen LogP contribution is -2.05. The predicted molar refractivity (Wildman–Crippen MR) is 67.5 cm³/mol. The smallest absolute Gasteiger partial charge is 0.160 e. The minimum absolute atomic E-state index is 0.0820. The van der Waals surface area contributed by atoms with Crippen LogP contribution in [0.2, 0.25) is 0 Å². The Kier molecular flexibility index (Phi) is 3.43. The molecule has 0 aliphatic carbocycles. The Morgan fingerprint density at radius 1 is 1.12 bits per heavy atom. The zero-order valence-electron chi connectivity index (χ0n) is 9.63. The zero-order valence-corrected chi connectivity index (χ0v) is 10.4. The molecule has 0 amide bonds. The molecule has 1 nitrogen and oxygen atoms in total. The van der Waals surface area contributed by atoms with E-state index in [0.717, 1.165) is 6.07 Å². The lowest BCUT2D eigenvalue weighted by molar-refractivity contribution is 0.509. The first-order valence-electron chi connectivity index (χ1n) is 5.34. The fourth-order valence-electron chi connectivity index (χ4n) is 1.59. The molecule has 1 aromatic carbocycles. The quantitative estimate of drug-likeness (QED) is 0.848. The van der Waals surface area contributed by atoms with E-state index in [9.17, 15) is 8.78 Å². The van der Waals surface area contributed by atoms with E-state index in [-0.39, 0.29) is 6.04 Å². The van der Waals surface area contributed by atoms with Gasteiger partial charge in [0.1, 0.15) is 0 Å². The van der Waals surface area contributed by atoms with Gasteiger partial charge in [-0.3, -0.25) is 0 Å². The molecular formula is C13H13F2NS. The van der Waals surface area contributed by atoms with Crippen molar-refractivity contribution in [2.45, 2.75) is 19.9 Å². The average Bonchev–Trinajstić information content (AvgIpc) is 2.70. The summed E-state index contributed by atoms with van der Waals surface area (Å²) in [5, 5.41) is 3.14. The van der Waals surface area contributed by atoms with Gasteiger partial charge < -0.3 is 5.32 Å². The van der Waals surface area contributed by atoms with Crippen LogP contribution >= 0.6 is 11.3 Å². The number of halogens is 2. The fourth-order valence-corrected chi connectivity index (χ4v) is 2.47. The first kappa shape index (κ1) is 12.0. The summed E-state index contributed by atoms with van der Waals surface area (Å²) in [6, 6.07) is 8.01. The van der Waals surface area contributed by atoms with Crippen LogP contribution in [-0.2, 0) is 0 Å². The average molecular weight is 253 g/mol. The van der Waals surface area contributed by atoms with Gasteiger partial charge in [-0.2, -0.15) is 0 Å². The molecular weight excluding hydrogens is 240 g/mol. The van der Waals surface area contributed by atoms with Crippen LogP contribution in [0.25, 0.3) is 0 Å². The summed E-state index contributed by atoms with van der Waals surface area (Å²) < 4.78 is 25.8. The van der Waals surface area contributed by atoms with Crippen molar-refractivity contribution in [2.75, 3.05) is 5.32 Å². The second kappa shape index (κ2) is 4.84. The molecule has 0 saturated carbocycles. The van der Waals surface area contributed by atoms with E-state index in [1.54, 1.807) is 11.3 Å². The summed E-state index contributed by atoms with van der Waals surface area (Å²) >= 11 is 1.69. The Morgan fingerprint density at radius 3 is 2.47 bits per heavy atom. The summed E-state index contributed by atoms with van der Waals surface area (Å²) in [6.45, 7) is 4.03. The van der Waals surface area contributed by atoms with Crippen molar-refractivity contribution in [3.8, 4) is 0 Å². The highest BCUT2D eigenvalue weighted by Crippen LogP contribution is 2.26. The SMILES string of the molecule is Cc1ccc(C(C)Nc2ccc(F)c(F)c2)s1. The summed E-state index contributed by atoms with van der Waals surface area (Å²) in [7, 11) is 0. The molecule has 1 heterocycles. The summed E-state index contributed by atoms with van der Waals surface area (Å²) in [5.74, 6) is -1.65. The van der Waals surface area contributed by atoms with Gasteiger partial charge in [0.2, 0.25) is 0 Å². The third-order valence-electron chi connectivity index (χ3n) is 2.49. The molecule has 4 heteroatoms. The number of thiophene rings is 1. The highest BCUT2D eigenvalue weighted by Gasteiger charge is 2.09. The summed E-state index contributed by atoms with van der Waals surface area (Å²) in [4.78, 5) is 2.41. The van der Waals surface area contributed by atoms with Crippen LogP contribution in [0.4, 0.5) is 14.5 Å². The number of hydrogen-bond acceptors (Lipinski definition) is 2. The Bertz CT molecular complexity index is 522. The molecule has 1 atom stereocenters. The molecule has 0 saturated heterocycles. The molecule has 1 unspecified atom stereocenters. The van der Waals surface area contributed by atoms with E-state index in [2.05, 4.69) is 5.32 Å². The normalized spacial score (nSPS) is 12.5. The number of nitrogens with one attached hydrogen (secondary N) is 1. The Balaban J connectivity index is 2.12. The maximum atomic E-state index is 13.0. The van der Waals surface area contributed by atoms with Crippen molar-refractivity contribution < 1.29 is 8.78 Å². The van der Waals surface area contributed by atoms with Crippen molar-refractivity contribution in [3.63, 3.8) is 0 Å². The van der Waals surface area contributed by atoms with E-state index in [1.165, 1.54) is 21.9 Å². The third-order valence-corrected chi connectivity index (χ3v) is 3.67. The molecule has 0 aliphatic heterocycles. The van der Waals surface area contributed by atoms with Crippen LogP contribution in [0.3, 0.4) is 0 Å². The van der Waals surface area contributed by atoms with Gasteiger partial charge in [0.05, 0.1) is 6.04 Å². The van der Waals surface area contributed by atoms with Gasteiger partial charge in [-0.25, -0.2) is 8.78 Å². The molecule has 1 N–H and O–H groups in total. The largest absolute Gasteiger partial charge is 0.378 e. The molecule has 0 spiro atoms. The standard InChI is InChI=1S/C13H13F2NS/c1-8-3-6-13(17-8)9(2)16-10-4-5-11(14)12(15)7-10/h3-7,9,16H,1-2H3. The van der Waals surface area contributed by atoms with Crippen molar-refractivity contribution in [1.82, 2.24) is 0 Å². The predicted octanol–water partition coefficient (Wildman–Crippen LogP) is 4.51. The van der Waals surface area contributed by atoms with Gasteiger partial charge in [-0.05, 0) is 38.1 Å². The Hall–Kier alpha value is -1.42. The number of hydrogen-bond donors (Lipinski definition) is 1. The van der Waals surface area contributed by atoms with E-state index in [1.807, 2.05) is 26.0 Å². The highest BCUT2D eigenvalue weighted by atomic mass is 32.1. The first-order chi connectivity index (χ1) is 8.06. The van der Waals surface area contributed by atoms with Crippen LogP contribution in [0, 0.1) is 18.6 Å². The molecule has 1 aromatic heterocycles. The molecule has 0 fully saturated rings. The number of anilines is 1. The Labute approximate surface area is 103 Å². The number of benzene rings is 1. The maximum Gasteiger partial charge on any atom is 0.160 e.